The largest absolute Gasteiger partial charge is 0.446 e. The second-order valence-electron chi connectivity index (χ2n) is 13.3. The molecule has 5 rings (SSSR count). The predicted octanol–water partition coefficient (Wildman–Crippen LogP) is 8.21. The zero-order valence-electron chi connectivity index (χ0n) is 27.6. The zero-order chi connectivity index (χ0) is 35.0. The van der Waals surface area contributed by atoms with Crippen molar-refractivity contribution in [3.63, 3.8) is 0 Å². The fraction of sp³-hybridized carbons (Fsp3) is 0.571. The number of rotatable bonds is 13. The molecule has 11 nitrogen and oxygen atoms in total. The summed E-state index contributed by atoms with van der Waals surface area (Å²) >= 11 is 13.8. The van der Waals surface area contributed by atoms with Gasteiger partial charge in [-0.3, -0.25) is 4.79 Å². The van der Waals surface area contributed by atoms with Gasteiger partial charge in [0, 0.05) is 58.3 Å². The monoisotopic (exact) mass is 822 g/mol. The number of hydrogen-bond donors (Lipinski definition) is 2. The van der Waals surface area contributed by atoms with Crippen molar-refractivity contribution in [2.75, 3.05) is 37.9 Å². The van der Waals surface area contributed by atoms with Crippen LogP contribution in [0.5, 0.6) is 5.75 Å². The Bertz CT molecular complexity index is 1570. The van der Waals surface area contributed by atoms with E-state index >= 15 is 0 Å². The lowest BCUT2D eigenvalue weighted by Crippen LogP contribution is -2.46. The van der Waals surface area contributed by atoms with Crippen molar-refractivity contribution in [1.29, 1.82) is 0 Å². The van der Waals surface area contributed by atoms with Gasteiger partial charge in [-0.25, -0.2) is 9.59 Å². The fourth-order valence-electron chi connectivity index (χ4n) is 8.15. The highest BCUT2D eigenvalue weighted by molar-refractivity contribution is 14.1. The number of halogens is 3. The zero-order valence-corrected chi connectivity index (χ0v) is 31.3. The van der Waals surface area contributed by atoms with Crippen molar-refractivity contribution >= 4 is 69.6 Å². The lowest BCUT2D eigenvalue weighted by molar-refractivity contribution is -0.121. The number of azide groups is 1. The minimum atomic E-state index is -0.440. The number of benzene rings is 2. The lowest BCUT2D eigenvalue weighted by Gasteiger charge is -2.50. The molecule has 2 fully saturated rings. The molecule has 0 unspecified atom stereocenters. The third-order valence-corrected chi connectivity index (χ3v) is 11.8. The van der Waals surface area contributed by atoms with Gasteiger partial charge in [0.2, 0.25) is 5.91 Å². The van der Waals surface area contributed by atoms with Gasteiger partial charge in [-0.1, -0.05) is 30.2 Å². The smallest absolute Gasteiger partial charge is 0.415 e. The molecule has 0 heterocycles. The second-order valence-corrected chi connectivity index (χ2v) is 15.2. The first-order valence-electron chi connectivity index (χ1n) is 16.9. The third kappa shape index (κ3) is 9.06. The summed E-state index contributed by atoms with van der Waals surface area (Å²) in [6.45, 7) is 3.65. The standard InChI is InChI=1S/C35H43Cl2IN6O5/c1-35-13-12-26-25-7-5-24(48-34(47)44(18-14-36)19-15-37)21-23(25)4-6-27(26)28(35)8-10-31(35)49-33(46)41-17-16-40-32(45)11-3-22-2-9-30(42-43-39)29(38)20-22/h2,5,7,9,20-21,26-28,31H,3-4,6,8,10-19H2,1H3,(H,40,45)(H,41,46)/t26-,27-,28+,31+,35+/m1/s1/i38-2. The number of nitrogens with one attached hydrogen (secondary N) is 2. The molecular formula is C35H43Cl2IN6O5. The average Bonchev–Trinajstić information content (AvgIpc) is 3.42. The molecule has 3 aliphatic rings. The van der Waals surface area contributed by atoms with E-state index in [-0.39, 0.29) is 24.0 Å². The van der Waals surface area contributed by atoms with Gasteiger partial charge in [-0.05, 0) is 126 Å². The number of ether oxygens (including phenoxy) is 2. The number of carbonyl (C=O) groups excluding carboxylic acids is 3. The van der Waals surface area contributed by atoms with Crippen molar-refractivity contribution in [1.82, 2.24) is 15.5 Å². The lowest BCUT2D eigenvalue weighted by atomic mass is 9.55. The van der Waals surface area contributed by atoms with Gasteiger partial charge in [0.25, 0.3) is 0 Å². The van der Waals surface area contributed by atoms with Crippen molar-refractivity contribution in [3.05, 3.63) is 67.1 Å². The maximum Gasteiger partial charge on any atom is 0.415 e. The van der Waals surface area contributed by atoms with E-state index in [0.717, 1.165) is 47.7 Å². The van der Waals surface area contributed by atoms with Gasteiger partial charge < -0.3 is 25.0 Å². The molecule has 2 aromatic carbocycles. The number of carbonyl (C=O) groups is 3. The quantitative estimate of drug-likeness (QED) is 0.0523. The Morgan fingerprint density at radius 2 is 1.84 bits per heavy atom. The normalized spacial score (nSPS) is 23.6. The molecule has 0 aromatic heterocycles. The summed E-state index contributed by atoms with van der Waals surface area (Å²) in [7, 11) is 0. The number of aryl methyl sites for hydroxylation is 2. The van der Waals surface area contributed by atoms with E-state index in [1.807, 2.05) is 24.3 Å². The van der Waals surface area contributed by atoms with E-state index in [4.69, 9.17) is 38.2 Å². The third-order valence-electron chi connectivity index (χ3n) is 10.6. The Labute approximate surface area is 310 Å². The minimum Gasteiger partial charge on any atom is -0.446 e. The van der Waals surface area contributed by atoms with Crippen molar-refractivity contribution in [3.8, 4) is 5.75 Å². The Balaban J connectivity index is 1.07. The molecule has 0 saturated heterocycles. The maximum absolute atomic E-state index is 12.8. The number of amides is 3. The van der Waals surface area contributed by atoms with E-state index in [2.05, 4.69) is 56.2 Å². The topological polar surface area (TPSA) is 146 Å². The van der Waals surface area contributed by atoms with E-state index in [1.165, 1.54) is 16.0 Å². The van der Waals surface area contributed by atoms with Crippen LogP contribution < -0.4 is 15.4 Å². The van der Waals surface area contributed by atoms with E-state index in [1.54, 1.807) is 6.07 Å². The Morgan fingerprint density at radius 1 is 1.06 bits per heavy atom. The highest BCUT2D eigenvalue weighted by Gasteiger charge is 2.56. The number of alkyl carbamates (subject to hydrolysis) is 1. The molecule has 2 N–H and O–H groups in total. The van der Waals surface area contributed by atoms with Crippen LogP contribution in [0.3, 0.4) is 0 Å². The summed E-state index contributed by atoms with van der Waals surface area (Å²) in [6, 6.07) is 11.5. The number of hydrogen-bond acceptors (Lipinski definition) is 6. The van der Waals surface area contributed by atoms with Crippen LogP contribution in [0.2, 0.25) is 0 Å². The molecule has 0 bridgehead atoms. The van der Waals surface area contributed by atoms with Crippen molar-refractivity contribution < 1.29 is 23.9 Å². The summed E-state index contributed by atoms with van der Waals surface area (Å²) in [4.78, 5) is 42.2. The molecule has 0 radical (unpaired) electrons. The number of nitrogens with zero attached hydrogens (tertiary/aromatic N) is 4. The van der Waals surface area contributed by atoms with Crippen LogP contribution in [-0.4, -0.2) is 67.0 Å². The number of fused-ring (bicyclic) bond motifs is 5. The molecule has 14 heteroatoms. The van der Waals surface area contributed by atoms with E-state index in [9.17, 15) is 14.4 Å². The van der Waals surface area contributed by atoms with Crippen molar-refractivity contribution in [2.24, 2.45) is 22.4 Å². The van der Waals surface area contributed by atoms with Crippen LogP contribution >= 0.6 is 45.8 Å². The minimum absolute atomic E-state index is 0.0784. The second kappa shape index (κ2) is 17.3. The molecule has 3 amide bonds. The van der Waals surface area contributed by atoms with Crippen molar-refractivity contribution in [2.45, 2.75) is 70.3 Å². The van der Waals surface area contributed by atoms with Gasteiger partial charge in [0.15, 0.2) is 0 Å². The first kappa shape index (κ1) is 37.3. The molecule has 0 spiro atoms. The van der Waals surface area contributed by atoms with Gasteiger partial charge in [0.05, 0.1) is 5.69 Å². The summed E-state index contributed by atoms with van der Waals surface area (Å²) in [5.41, 5.74) is 12.7. The molecule has 5 atom stereocenters. The molecule has 49 heavy (non-hydrogen) atoms. The SMILES string of the molecule is C[C@]12CC[C@@H]3c4ccc(OC(=O)N(CCCl)CCCl)cc4CC[C@H]3[C@@H]1CC[C@@H]2OC(=O)NCCNC(=O)CCc1ccc(N=[N+]=[N-])c([125I])c1. The summed E-state index contributed by atoms with van der Waals surface area (Å²) in [5, 5.41) is 9.31. The molecule has 2 saturated carbocycles. The molecule has 2 aromatic rings. The Kier molecular flexibility index (Phi) is 13.2. The van der Waals surface area contributed by atoms with Crippen LogP contribution in [0.25, 0.3) is 10.4 Å². The molecule has 3 aliphatic carbocycles. The Hall–Kier alpha value is -2.93. The highest BCUT2D eigenvalue weighted by Crippen LogP contribution is 2.61. The predicted molar refractivity (Wildman–Crippen MR) is 198 cm³/mol. The summed E-state index contributed by atoms with van der Waals surface area (Å²) in [5.74, 6) is 2.49. The van der Waals surface area contributed by atoms with Crippen LogP contribution in [-0.2, 0) is 22.4 Å². The van der Waals surface area contributed by atoms with Gasteiger partial charge >= 0.3 is 12.2 Å². The summed E-state index contributed by atoms with van der Waals surface area (Å²) in [6.07, 6.45) is 5.69. The van der Waals surface area contributed by atoms with Crippen LogP contribution in [0.4, 0.5) is 15.3 Å². The fourth-order valence-corrected chi connectivity index (χ4v) is 9.25. The van der Waals surface area contributed by atoms with Crippen LogP contribution in [0.15, 0.2) is 41.5 Å². The van der Waals surface area contributed by atoms with Crippen LogP contribution in [0, 0.1) is 20.8 Å². The molecular weight excluding hydrogens is 780 g/mol. The first-order chi connectivity index (χ1) is 23.7. The number of alkyl halides is 2. The molecule has 264 valence electrons. The van der Waals surface area contributed by atoms with Gasteiger partial charge in [0.1, 0.15) is 11.9 Å². The molecule has 0 aliphatic heterocycles. The summed E-state index contributed by atoms with van der Waals surface area (Å²) < 4.78 is 12.6. The maximum atomic E-state index is 12.8. The van der Waals surface area contributed by atoms with Gasteiger partial charge in [-0.2, -0.15) is 0 Å². The van der Waals surface area contributed by atoms with Crippen LogP contribution in [0.1, 0.15) is 68.1 Å². The Morgan fingerprint density at radius 3 is 2.57 bits per heavy atom. The van der Waals surface area contributed by atoms with Gasteiger partial charge in [-0.15, -0.1) is 23.2 Å². The highest BCUT2D eigenvalue weighted by atomic mass is 125. The van der Waals surface area contributed by atoms with E-state index < -0.39 is 12.2 Å². The average molecular weight is 824 g/mol. The first-order valence-corrected chi connectivity index (χ1v) is 19.1. The van der Waals surface area contributed by atoms with E-state index in [0.29, 0.717) is 73.4 Å².